The topological polar surface area (TPSA) is 52.9 Å². The van der Waals surface area contributed by atoms with E-state index in [1.54, 1.807) is 21.3 Å². The molecule has 1 heterocycles. The fraction of sp³-hybridized carbons (Fsp3) is 0.333. The molecule has 0 aliphatic heterocycles. The molecule has 0 bridgehead atoms. The van der Waals surface area contributed by atoms with E-state index in [-0.39, 0.29) is 6.04 Å². The number of halogens is 1. The standard InChI is InChI=1S/C15H18BrNO4/c1-9(11-5-6-14(16)21-11)17-10-7-12(18-2)15(20-4)13(8-10)19-3/h5-9,17H,1-4H3. The molecule has 1 unspecified atom stereocenters. The van der Waals surface area contributed by atoms with Gasteiger partial charge >= 0.3 is 0 Å². The summed E-state index contributed by atoms with van der Waals surface area (Å²) in [4.78, 5) is 0. The fourth-order valence-corrected chi connectivity index (χ4v) is 2.37. The highest BCUT2D eigenvalue weighted by Gasteiger charge is 2.15. The lowest BCUT2D eigenvalue weighted by Gasteiger charge is -2.17. The van der Waals surface area contributed by atoms with Gasteiger partial charge in [0.05, 0.1) is 27.4 Å². The molecule has 1 aromatic carbocycles. The molecule has 6 heteroatoms. The minimum absolute atomic E-state index is 0.000827. The molecule has 2 rings (SSSR count). The fourth-order valence-electron chi connectivity index (χ4n) is 2.05. The largest absolute Gasteiger partial charge is 0.493 e. The van der Waals surface area contributed by atoms with Gasteiger partial charge in [-0.2, -0.15) is 0 Å². The number of hydrogen-bond donors (Lipinski definition) is 1. The lowest BCUT2D eigenvalue weighted by atomic mass is 10.2. The van der Waals surface area contributed by atoms with Crippen LogP contribution in [0.15, 0.2) is 33.4 Å². The first-order valence-corrected chi connectivity index (χ1v) is 7.20. The van der Waals surface area contributed by atoms with Gasteiger partial charge in [-0.1, -0.05) is 0 Å². The SMILES string of the molecule is COc1cc(NC(C)c2ccc(Br)o2)cc(OC)c1OC. The van der Waals surface area contributed by atoms with Gasteiger partial charge in [-0.15, -0.1) is 0 Å². The molecule has 1 aromatic heterocycles. The lowest BCUT2D eigenvalue weighted by molar-refractivity contribution is 0.324. The van der Waals surface area contributed by atoms with Gasteiger partial charge in [-0.05, 0) is 35.0 Å². The average Bonchev–Trinajstić information content (AvgIpc) is 2.92. The van der Waals surface area contributed by atoms with Crippen molar-refractivity contribution in [2.45, 2.75) is 13.0 Å². The van der Waals surface area contributed by atoms with Crippen molar-refractivity contribution in [1.29, 1.82) is 0 Å². The zero-order chi connectivity index (χ0) is 15.4. The van der Waals surface area contributed by atoms with Gasteiger partial charge in [0, 0.05) is 17.8 Å². The first-order valence-electron chi connectivity index (χ1n) is 6.40. The van der Waals surface area contributed by atoms with Crippen LogP contribution in [0, 0.1) is 0 Å². The smallest absolute Gasteiger partial charge is 0.203 e. The Balaban J connectivity index is 2.27. The highest BCUT2D eigenvalue weighted by molar-refractivity contribution is 9.10. The number of furan rings is 1. The Kier molecular flexibility index (Phi) is 5.01. The molecule has 5 nitrogen and oxygen atoms in total. The number of benzene rings is 1. The summed E-state index contributed by atoms with van der Waals surface area (Å²) in [7, 11) is 4.76. The van der Waals surface area contributed by atoms with Gasteiger partial charge in [-0.3, -0.25) is 0 Å². The summed E-state index contributed by atoms with van der Waals surface area (Å²) in [6.07, 6.45) is 0. The van der Waals surface area contributed by atoms with Crippen molar-refractivity contribution < 1.29 is 18.6 Å². The van der Waals surface area contributed by atoms with Crippen LogP contribution in [0.1, 0.15) is 18.7 Å². The molecule has 114 valence electrons. The monoisotopic (exact) mass is 355 g/mol. The van der Waals surface area contributed by atoms with Crippen LogP contribution in [0.3, 0.4) is 0 Å². The van der Waals surface area contributed by atoms with Crippen LogP contribution in [0.4, 0.5) is 5.69 Å². The molecule has 1 N–H and O–H groups in total. The third kappa shape index (κ3) is 3.44. The Morgan fingerprint density at radius 2 is 1.67 bits per heavy atom. The molecule has 0 spiro atoms. The van der Waals surface area contributed by atoms with Crippen LogP contribution < -0.4 is 19.5 Å². The van der Waals surface area contributed by atoms with E-state index in [1.165, 1.54) is 0 Å². The van der Waals surface area contributed by atoms with E-state index in [1.807, 2.05) is 31.2 Å². The molecule has 0 amide bonds. The van der Waals surface area contributed by atoms with Gasteiger partial charge in [0.2, 0.25) is 5.75 Å². The summed E-state index contributed by atoms with van der Waals surface area (Å²) in [5, 5.41) is 3.34. The Bertz CT molecular complexity index is 586. The van der Waals surface area contributed by atoms with E-state index in [2.05, 4.69) is 21.2 Å². The molecule has 0 aliphatic carbocycles. The van der Waals surface area contributed by atoms with Crippen molar-refractivity contribution in [1.82, 2.24) is 0 Å². The van der Waals surface area contributed by atoms with Crippen LogP contribution in [-0.4, -0.2) is 21.3 Å². The Morgan fingerprint density at radius 3 is 2.10 bits per heavy atom. The summed E-state index contributed by atoms with van der Waals surface area (Å²) in [6, 6.07) is 7.49. The number of anilines is 1. The molecule has 2 aromatic rings. The first-order chi connectivity index (χ1) is 10.1. The molecule has 0 saturated carbocycles. The van der Waals surface area contributed by atoms with Crippen LogP contribution in [0.25, 0.3) is 0 Å². The highest BCUT2D eigenvalue weighted by atomic mass is 79.9. The van der Waals surface area contributed by atoms with Gasteiger partial charge < -0.3 is 23.9 Å². The molecule has 0 radical (unpaired) electrons. The van der Waals surface area contributed by atoms with E-state index in [0.717, 1.165) is 11.4 Å². The minimum atomic E-state index is -0.000827. The van der Waals surface area contributed by atoms with Gasteiger partial charge in [0.25, 0.3) is 0 Å². The summed E-state index contributed by atoms with van der Waals surface area (Å²) in [6.45, 7) is 2.01. The molecular weight excluding hydrogens is 338 g/mol. The molecule has 21 heavy (non-hydrogen) atoms. The predicted octanol–water partition coefficient (Wildman–Crippen LogP) is 4.24. The summed E-state index contributed by atoms with van der Waals surface area (Å²) < 4.78 is 22.2. The van der Waals surface area contributed by atoms with E-state index in [9.17, 15) is 0 Å². The average molecular weight is 356 g/mol. The number of rotatable bonds is 6. The second-order valence-corrected chi connectivity index (χ2v) is 5.20. The van der Waals surface area contributed by atoms with Gasteiger partial charge in [0.1, 0.15) is 5.76 Å². The predicted molar refractivity (Wildman–Crippen MR) is 84.5 cm³/mol. The zero-order valence-electron chi connectivity index (χ0n) is 12.4. The Morgan fingerprint density at radius 1 is 1.05 bits per heavy atom. The molecular formula is C15H18BrNO4. The maximum Gasteiger partial charge on any atom is 0.203 e. The highest BCUT2D eigenvalue weighted by Crippen LogP contribution is 2.40. The summed E-state index contributed by atoms with van der Waals surface area (Å²) >= 11 is 3.30. The van der Waals surface area contributed by atoms with Crippen LogP contribution in [0.5, 0.6) is 17.2 Å². The molecule has 0 fully saturated rings. The third-order valence-electron chi connectivity index (χ3n) is 3.07. The van der Waals surface area contributed by atoms with Crippen LogP contribution >= 0.6 is 15.9 Å². The minimum Gasteiger partial charge on any atom is -0.493 e. The van der Waals surface area contributed by atoms with Gasteiger partial charge in [-0.25, -0.2) is 0 Å². The number of ether oxygens (including phenoxy) is 3. The second-order valence-electron chi connectivity index (χ2n) is 4.42. The summed E-state index contributed by atoms with van der Waals surface area (Å²) in [5.74, 6) is 2.61. The normalized spacial score (nSPS) is 11.9. The van der Waals surface area contributed by atoms with E-state index in [4.69, 9.17) is 18.6 Å². The van der Waals surface area contributed by atoms with Gasteiger partial charge in [0.15, 0.2) is 16.2 Å². The summed E-state index contributed by atoms with van der Waals surface area (Å²) in [5.41, 5.74) is 0.851. The molecule has 1 atom stereocenters. The maximum atomic E-state index is 5.54. The number of hydrogen-bond acceptors (Lipinski definition) is 5. The molecule has 0 aliphatic rings. The van der Waals surface area contributed by atoms with E-state index >= 15 is 0 Å². The van der Waals surface area contributed by atoms with Crippen molar-refractivity contribution in [3.8, 4) is 17.2 Å². The Labute approximate surface area is 132 Å². The zero-order valence-corrected chi connectivity index (χ0v) is 14.0. The third-order valence-corrected chi connectivity index (χ3v) is 3.49. The van der Waals surface area contributed by atoms with Crippen molar-refractivity contribution >= 4 is 21.6 Å². The van der Waals surface area contributed by atoms with Crippen molar-refractivity contribution in [2.75, 3.05) is 26.6 Å². The van der Waals surface area contributed by atoms with Crippen molar-refractivity contribution in [3.05, 3.63) is 34.7 Å². The lowest BCUT2D eigenvalue weighted by Crippen LogP contribution is -2.06. The maximum absolute atomic E-state index is 5.54. The number of methoxy groups -OCH3 is 3. The van der Waals surface area contributed by atoms with Crippen molar-refractivity contribution in [3.63, 3.8) is 0 Å². The number of nitrogens with one attached hydrogen (secondary N) is 1. The Hall–Kier alpha value is -1.82. The second kappa shape index (κ2) is 6.76. The van der Waals surface area contributed by atoms with E-state index < -0.39 is 0 Å². The van der Waals surface area contributed by atoms with Crippen LogP contribution in [0.2, 0.25) is 0 Å². The quantitative estimate of drug-likeness (QED) is 0.839. The van der Waals surface area contributed by atoms with E-state index in [0.29, 0.717) is 21.9 Å². The first kappa shape index (κ1) is 15.6. The molecule has 0 saturated heterocycles. The van der Waals surface area contributed by atoms with Crippen molar-refractivity contribution in [2.24, 2.45) is 0 Å². The van der Waals surface area contributed by atoms with Crippen LogP contribution in [-0.2, 0) is 0 Å².